The van der Waals surface area contributed by atoms with Crippen molar-refractivity contribution in [3.63, 3.8) is 0 Å². The van der Waals surface area contributed by atoms with E-state index in [0.717, 1.165) is 25.0 Å². The largest absolute Gasteiger partial charge is 0.377 e. The Morgan fingerprint density at radius 3 is 2.95 bits per heavy atom. The van der Waals surface area contributed by atoms with Gasteiger partial charge in [-0.15, -0.1) is 0 Å². The molecular weight excluding hydrogens is 275 g/mol. The molecule has 1 N–H and O–H groups in total. The van der Waals surface area contributed by atoms with Gasteiger partial charge in [0.25, 0.3) is 5.69 Å². The van der Waals surface area contributed by atoms with E-state index in [0.29, 0.717) is 13.2 Å². The molecule has 0 radical (unpaired) electrons. The molecule has 1 saturated heterocycles. The number of nitrogens with one attached hydrogen (secondary N) is 1. The quantitative estimate of drug-likeness (QED) is 0.681. The van der Waals surface area contributed by atoms with Gasteiger partial charge in [-0.3, -0.25) is 10.1 Å². The van der Waals surface area contributed by atoms with Crippen LogP contribution < -0.4 is 5.32 Å². The molecule has 0 spiro atoms. The zero-order valence-corrected chi connectivity index (χ0v) is 11.2. The molecule has 1 atom stereocenters. The first-order valence-corrected chi connectivity index (χ1v) is 6.30. The Balaban J connectivity index is 2.19. The molecule has 1 aromatic rings. The van der Waals surface area contributed by atoms with E-state index in [1.54, 1.807) is 0 Å². The fraction of sp³-hybridized carbons (Fsp3) is 0.500. The van der Waals surface area contributed by atoms with Crippen LogP contribution in [0.15, 0.2) is 12.1 Å². The monoisotopic (exact) mass is 288 g/mol. The van der Waals surface area contributed by atoms with Crippen LogP contribution in [-0.4, -0.2) is 23.7 Å². The lowest BCUT2D eigenvalue weighted by atomic mass is 10.0. The van der Waals surface area contributed by atoms with Crippen molar-refractivity contribution in [2.45, 2.75) is 25.4 Å². The van der Waals surface area contributed by atoms with Crippen LogP contribution in [0, 0.1) is 15.9 Å². The summed E-state index contributed by atoms with van der Waals surface area (Å²) >= 11 is 5.55. The molecule has 0 saturated carbocycles. The summed E-state index contributed by atoms with van der Waals surface area (Å²) in [4.78, 5) is 10.3. The van der Waals surface area contributed by atoms with Gasteiger partial charge < -0.3 is 10.1 Å². The van der Waals surface area contributed by atoms with Crippen molar-refractivity contribution in [3.8, 4) is 0 Å². The van der Waals surface area contributed by atoms with Gasteiger partial charge in [0.05, 0.1) is 15.5 Å². The molecule has 0 aliphatic carbocycles. The Kier molecular flexibility index (Phi) is 3.91. The summed E-state index contributed by atoms with van der Waals surface area (Å²) in [6.07, 6.45) is 1.82. The first kappa shape index (κ1) is 14.0. The SMILES string of the molecule is CC1(CNc2cc(F)c(Cl)cc2[N+](=O)[O-])CCCO1. The number of anilines is 1. The van der Waals surface area contributed by atoms with Crippen molar-refractivity contribution in [1.82, 2.24) is 0 Å². The van der Waals surface area contributed by atoms with E-state index in [2.05, 4.69) is 5.32 Å². The third kappa shape index (κ3) is 3.13. The van der Waals surface area contributed by atoms with Crippen molar-refractivity contribution in [1.29, 1.82) is 0 Å². The Hall–Kier alpha value is -1.40. The second-order valence-corrected chi connectivity index (χ2v) is 5.20. The van der Waals surface area contributed by atoms with Crippen LogP contribution in [0.3, 0.4) is 0 Å². The van der Waals surface area contributed by atoms with Crippen LogP contribution in [0.4, 0.5) is 15.8 Å². The highest BCUT2D eigenvalue weighted by atomic mass is 35.5. The topological polar surface area (TPSA) is 64.4 Å². The molecular formula is C12H14ClFN2O3. The fourth-order valence-electron chi connectivity index (χ4n) is 2.09. The smallest absolute Gasteiger partial charge is 0.294 e. The molecule has 0 amide bonds. The number of ether oxygens (including phenoxy) is 1. The number of nitro benzene ring substituents is 1. The highest BCUT2D eigenvalue weighted by Gasteiger charge is 2.30. The first-order valence-electron chi connectivity index (χ1n) is 5.92. The van der Waals surface area contributed by atoms with Gasteiger partial charge in [0.15, 0.2) is 0 Å². The van der Waals surface area contributed by atoms with Gasteiger partial charge in [0.1, 0.15) is 11.5 Å². The Bertz CT molecular complexity index is 504. The van der Waals surface area contributed by atoms with E-state index in [-0.39, 0.29) is 22.0 Å². The average molecular weight is 289 g/mol. The van der Waals surface area contributed by atoms with E-state index in [1.807, 2.05) is 6.92 Å². The predicted molar refractivity (Wildman–Crippen MR) is 70.1 cm³/mol. The summed E-state index contributed by atoms with van der Waals surface area (Å²) < 4.78 is 19.0. The lowest BCUT2D eigenvalue weighted by Crippen LogP contribution is -2.32. The van der Waals surface area contributed by atoms with Crippen molar-refractivity contribution >= 4 is 23.0 Å². The lowest BCUT2D eigenvalue weighted by Gasteiger charge is -2.23. The van der Waals surface area contributed by atoms with Crippen molar-refractivity contribution < 1.29 is 14.1 Å². The van der Waals surface area contributed by atoms with E-state index < -0.39 is 10.7 Å². The van der Waals surface area contributed by atoms with Crippen molar-refractivity contribution in [2.75, 3.05) is 18.5 Å². The van der Waals surface area contributed by atoms with Crippen LogP contribution >= 0.6 is 11.6 Å². The number of nitrogens with zero attached hydrogens (tertiary/aromatic N) is 1. The number of benzene rings is 1. The standard InChI is InChI=1S/C12H14ClFN2O3/c1-12(3-2-4-19-12)7-15-10-6-9(14)8(13)5-11(10)16(17)18/h5-6,15H,2-4,7H2,1H3. The minimum Gasteiger partial charge on any atom is -0.377 e. The minimum atomic E-state index is -0.688. The van der Waals surface area contributed by atoms with Crippen molar-refractivity contribution in [3.05, 3.63) is 33.1 Å². The average Bonchev–Trinajstić information content (AvgIpc) is 2.77. The summed E-state index contributed by atoms with van der Waals surface area (Å²) in [6, 6.07) is 2.05. The molecule has 104 valence electrons. The van der Waals surface area contributed by atoms with Crippen LogP contribution in [-0.2, 0) is 4.74 Å². The molecule has 2 rings (SSSR count). The number of rotatable bonds is 4. The molecule has 1 unspecified atom stereocenters. The molecule has 1 aromatic carbocycles. The third-order valence-electron chi connectivity index (χ3n) is 3.19. The zero-order valence-electron chi connectivity index (χ0n) is 10.4. The molecule has 1 aliphatic heterocycles. The van der Waals surface area contributed by atoms with Gasteiger partial charge in [-0.1, -0.05) is 11.6 Å². The Morgan fingerprint density at radius 1 is 1.63 bits per heavy atom. The minimum absolute atomic E-state index is 0.114. The second-order valence-electron chi connectivity index (χ2n) is 4.80. The molecule has 1 fully saturated rings. The summed E-state index contributed by atoms with van der Waals surface area (Å²) in [7, 11) is 0. The van der Waals surface area contributed by atoms with Gasteiger partial charge in [0, 0.05) is 25.3 Å². The second kappa shape index (κ2) is 5.30. The normalized spacial score (nSPS) is 22.5. The Morgan fingerprint density at radius 2 is 2.37 bits per heavy atom. The lowest BCUT2D eigenvalue weighted by molar-refractivity contribution is -0.384. The van der Waals surface area contributed by atoms with Gasteiger partial charge in [-0.05, 0) is 19.8 Å². The zero-order chi connectivity index (χ0) is 14.0. The van der Waals surface area contributed by atoms with Gasteiger partial charge in [-0.25, -0.2) is 4.39 Å². The number of hydrogen-bond acceptors (Lipinski definition) is 4. The van der Waals surface area contributed by atoms with E-state index in [4.69, 9.17) is 16.3 Å². The summed E-state index contributed by atoms with van der Waals surface area (Å²) in [6.45, 7) is 2.98. The molecule has 19 heavy (non-hydrogen) atoms. The highest BCUT2D eigenvalue weighted by molar-refractivity contribution is 6.31. The fourth-order valence-corrected chi connectivity index (χ4v) is 2.25. The summed E-state index contributed by atoms with van der Waals surface area (Å²) in [5, 5.41) is 13.5. The number of hydrogen-bond donors (Lipinski definition) is 1. The maximum atomic E-state index is 13.4. The number of nitro groups is 1. The van der Waals surface area contributed by atoms with E-state index in [9.17, 15) is 14.5 Å². The molecule has 0 aromatic heterocycles. The van der Waals surface area contributed by atoms with Crippen LogP contribution in [0.2, 0.25) is 5.02 Å². The van der Waals surface area contributed by atoms with Gasteiger partial charge in [-0.2, -0.15) is 0 Å². The maximum Gasteiger partial charge on any atom is 0.294 e. The van der Waals surface area contributed by atoms with Gasteiger partial charge >= 0.3 is 0 Å². The molecule has 5 nitrogen and oxygen atoms in total. The Labute approximate surface area is 114 Å². The molecule has 1 heterocycles. The summed E-state index contributed by atoms with van der Waals surface area (Å²) in [5.74, 6) is -0.688. The third-order valence-corrected chi connectivity index (χ3v) is 3.48. The molecule has 0 bridgehead atoms. The number of halogens is 2. The van der Waals surface area contributed by atoms with E-state index >= 15 is 0 Å². The van der Waals surface area contributed by atoms with Crippen LogP contribution in [0.1, 0.15) is 19.8 Å². The van der Waals surface area contributed by atoms with Gasteiger partial charge in [0.2, 0.25) is 0 Å². The first-order chi connectivity index (χ1) is 8.91. The highest BCUT2D eigenvalue weighted by Crippen LogP contribution is 2.32. The molecule has 1 aliphatic rings. The van der Waals surface area contributed by atoms with E-state index in [1.165, 1.54) is 0 Å². The van der Waals surface area contributed by atoms with Crippen LogP contribution in [0.5, 0.6) is 0 Å². The maximum absolute atomic E-state index is 13.4. The van der Waals surface area contributed by atoms with Crippen LogP contribution in [0.25, 0.3) is 0 Å². The molecule has 7 heteroatoms. The summed E-state index contributed by atoms with van der Waals surface area (Å²) in [5.41, 5.74) is -0.499. The van der Waals surface area contributed by atoms with Crippen molar-refractivity contribution in [2.24, 2.45) is 0 Å². The predicted octanol–water partition coefficient (Wildman–Crippen LogP) is 3.37.